The van der Waals surface area contributed by atoms with Gasteiger partial charge in [0.15, 0.2) is 0 Å². The molecule has 0 unspecified atom stereocenters. The zero-order chi connectivity index (χ0) is 20.0. The monoisotopic (exact) mass is 392 g/mol. The lowest BCUT2D eigenvalue weighted by Gasteiger charge is -2.39. The summed E-state index contributed by atoms with van der Waals surface area (Å²) in [6, 6.07) is 0. The topological polar surface area (TPSA) is 54.4 Å². The molecule has 0 rings (SSSR count). The van der Waals surface area contributed by atoms with E-state index in [1.807, 2.05) is 0 Å². The van der Waals surface area contributed by atoms with Crippen LogP contribution in [0.2, 0.25) is 0 Å². The maximum Gasteiger partial charge on any atom is 0.522 e. The molecule has 0 heterocycles. The summed E-state index contributed by atoms with van der Waals surface area (Å²) in [6.07, 6.45) is 11.1. The lowest BCUT2D eigenvalue weighted by molar-refractivity contribution is -0.929. The van der Waals surface area contributed by atoms with Crippen LogP contribution in [0.5, 0.6) is 0 Å². The van der Waals surface area contributed by atoms with Crippen LogP contribution in [0.1, 0.15) is 79.1 Å². The van der Waals surface area contributed by atoms with E-state index in [1.165, 1.54) is 82.0 Å². The second-order valence-electron chi connectivity index (χ2n) is 6.57. The molecule has 0 fully saturated rings. The number of hydrogen-bond acceptors (Lipinski definition) is 2. The van der Waals surface area contributed by atoms with Crippen molar-refractivity contribution in [2.75, 3.05) is 26.2 Å². The van der Waals surface area contributed by atoms with E-state index in [2.05, 4.69) is 27.7 Å². The molecule has 0 atom stereocenters. The van der Waals surface area contributed by atoms with Crippen molar-refractivity contribution >= 4 is 10.1 Å². The number of hydrogen-bond donors (Lipinski definition) is 1. The fourth-order valence-electron chi connectivity index (χ4n) is 2.64. The van der Waals surface area contributed by atoms with Crippen molar-refractivity contribution in [2.24, 2.45) is 0 Å². The standard InChI is InChI=1S/C16H36N.CHF3O3S/c1-5-9-13-17(14-10-6-2,15-11-7-3)16-12-8-4;2-1(3,4)8(5,6)7/h5-16H2,1-4H3;(H,5,6,7)/q+1;. The summed E-state index contributed by atoms with van der Waals surface area (Å²) < 4.78 is 59.0. The molecule has 25 heavy (non-hydrogen) atoms. The van der Waals surface area contributed by atoms with E-state index in [4.69, 9.17) is 13.0 Å². The SMILES string of the molecule is CCCC[N+](CCCC)(CCCC)CCCC.O=S(=O)(O)C(F)(F)F. The van der Waals surface area contributed by atoms with Crippen molar-refractivity contribution in [3.05, 3.63) is 0 Å². The normalized spacial score (nSPS) is 12.6. The number of rotatable bonds is 12. The van der Waals surface area contributed by atoms with Gasteiger partial charge < -0.3 is 4.48 Å². The van der Waals surface area contributed by atoms with E-state index in [9.17, 15) is 13.2 Å². The second-order valence-corrected chi connectivity index (χ2v) is 7.98. The van der Waals surface area contributed by atoms with Crippen LogP contribution in [0.15, 0.2) is 0 Å². The number of alkyl halides is 3. The van der Waals surface area contributed by atoms with Gasteiger partial charge in [-0.3, -0.25) is 4.55 Å². The lowest BCUT2D eigenvalue weighted by atomic mass is 10.1. The molecule has 0 saturated carbocycles. The molecule has 4 nitrogen and oxygen atoms in total. The summed E-state index contributed by atoms with van der Waals surface area (Å²) in [7, 11) is -5.84. The van der Waals surface area contributed by atoms with Crippen LogP contribution in [0.4, 0.5) is 13.2 Å². The van der Waals surface area contributed by atoms with Gasteiger partial charge in [0.05, 0.1) is 26.2 Å². The highest BCUT2D eigenvalue weighted by Gasteiger charge is 2.44. The van der Waals surface area contributed by atoms with Crippen LogP contribution in [-0.2, 0) is 10.1 Å². The van der Waals surface area contributed by atoms with Crippen molar-refractivity contribution in [1.29, 1.82) is 0 Å². The Morgan fingerprint density at radius 1 is 0.720 bits per heavy atom. The van der Waals surface area contributed by atoms with Gasteiger partial charge in [0, 0.05) is 0 Å². The zero-order valence-corrected chi connectivity index (χ0v) is 17.1. The summed E-state index contributed by atoms with van der Waals surface area (Å²) in [6.45, 7) is 15.0. The van der Waals surface area contributed by atoms with E-state index in [1.54, 1.807) is 0 Å². The number of unbranched alkanes of at least 4 members (excludes halogenated alkanes) is 4. The predicted molar refractivity (Wildman–Crippen MR) is 97.0 cm³/mol. The Morgan fingerprint density at radius 3 is 1.04 bits per heavy atom. The van der Waals surface area contributed by atoms with Gasteiger partial charge in [-0.25, -0.2) is 0 Å². The Kier molecular flexibility index (Phi) is 14.9. The average Bonchev–Trinajstić information content (AvgIpc) is 2.52. The van der Waals surface area contributed by atoms with Crippen molar-refractivity contribution in [2.45, 2.75) is 84.6 Å². The van der Waals surface area contributed by atoms with Crippen molar-refractivity contribution in [3.8, 4) is 0 Å². The molecule has 0 bridgehead atoms. The first-order valence-corrected chi connectivity index (χ1v) is 10.8. The molecule has 154 valence electrons. The van der Waals surface area contributed by atoms with Crippen LogP contribution < -0.4 is 0 Å². The van der Waals surface area contributed by atoms with Crippen LogP contribution >= 0.6 is 0 Å². The fourth-order valence-corrected chi connectivity index (χ4v) is 2.64. The molecular weight excluding hydrogens is 355 g/mol. The molecule has 0 amide bonds. The van der Waals surface area contributed by atoms with Crippen LogP contribution in [0, 0.1) is 0 Å². The fraction of sp³-hybridized carbons (Fsp3) is 1.00. The number of quaternary nitrogens is 1. The van der Waals surface area contributed by atoms with Gasteiger partial charge >= 0.3 is 15.6 Å². The summed E-state index contributed by atoms with van der Waals surface area (Å²) in [5.41, 5.74) is -5.53. The van der Waals surface area contributed by atoms with Crippen molar-refractivity contribution < 1.29 is 30.6 Å². The summed E-state index contributed by atoms with van der Waals surface area (Å²) >= 11 is 0. The van der Waals surface area contributed by atoms with Crippen LogP contribution in [0.3, 0.4) is 0 Å². The first-order valence-electron chi connectivity index (χ1n) is 9.38. The third-order valence-corrected chi connectivity index (χ3v) is 4.82. The molecule has 0 aliphatic rings. The minimum absolute atomic E-state index is 1.35. The third-order valence-electron chi connectivity index (χ3n) is 4.24. The lowest BCUT2D eigenvalue weighted by Crippen LogP contribution is -2.50. The maximum absolute atomic E-state index is 10.7. The third kappa shape index (κ3) is 13.5. The highest BCUT2D eigenvalue weighted by molar-refractivity contribution is 7.86. The van der Waals surface area contributed by atoms with Gasteiger partial charge in [-0.1, -0.05) is 53.4 Å². The molecule has 0 aromatic rings. The molecule has 0 aromatic heterocycles. The Bertz CT molecular complexity index is 374. The number of halogens is 3. The Hall–Kier alpha value is -0.340. The summed E-state index contributed by atoms with van der Waals surface area (Å²) in [5, 5.41) is 0. The molecule has 1 N–H and O–H groups in total. The average molecular weight is 393 g/mol. The van der Waals surface area contributed by atoms with E-state index < -0.39 is 15.6 Å². The largest absolute Gasteiger partial charge is 0.522 e. The van der Waals surface area contributed by atoms with E-state index in [-0.39, 0.29) is 0 Å². The van der Waals surface area contributed by atoms with Gasteiger partial charge in [-0.15, -0.1) is 0 Å². The van der Waals surface area contributed by atoms with Crippen LogP contribution in [0.25, 0.3) is 0 Å². The van der Waals surface area contributed by atoms with Gasteiger partial charge in [0.1, 0.15) is 0 Å². The first-order chi connectivity index (χ1) is 11.5. The minimum Gasteiger partial charge on any atom is -0.324 e. The molecule has 0 aliphatic carbocycles. The van der Waals surface area contributed by atoms with Gasteiger partial charge in [-0.05, 0) is 25.7 Å². The minimum atomic E-state index is -5.84. The second kappa shape index (κ2) is 13.8. The molecule has 0 aromatic carbocycles. The van der Waals surface area contributed by atoms with Gasteiger partial charge in [0.25, 0.3) is 0 Å². The molecule has 0 spiro atoms. The predicted octanol–water partition coefficient (Wildman–Crippen LogP) is 5.40. The Morgan fingerprint density at radius 2 is 0.920 bits per heavy atom. The maximum atomic E-state index is 10.7. The molecule has 0 aliphatic heterocycles. The quantitative estimate of drug-likeness (QED) is 0.275. The van der Waals surface area contributed by atoms with Gasteiger partial charge in [-0.2, -0.15) is 21.6 Å². The Labute approximate surface area is 152 Å². The van der Waals surface area contributed by atoms with E-state index in [0.717, 1.165) is 0 Å². The zero-order valence-electron chi connectivity index (χ0n) is 16.2. The number of nitrogens with zero attached hydrogens (tertiary/aromatic N) is 1. The van der Waals surface area contributed by atoms with Crippen LogP contribution in [-0.4, -0.2) is 49.1 Å². The van der Waals surface area contributed by atoms with E-state index >= 15 is 0 Å². The molecular formula is C17H37F3NO3S+. The molecule has 8 heteroatoms. The van der Waals surface area contributed by atoms with E-state index in [0.29, 0.717) is 0 Å². The molecule has 0 radical (unpaired) electrons. The highest BCUT2D eigenvalue weighted by atomic mass is 32.2. The Balaban J connectivity index is 0. The summed E-state index contributed by atoms with van der Waals surface area (Å²) in [5.74, 6) is 0. The molecule has 0 saturated heterocycles. The smallest absolute Gasteiger partial charge is 0.324 e. The van der Waals surface area contributed by atoms with Crippen molar-refractivity contribution in [3.63, 3.8) is 0 Å². The summed E-state index contributed by atoms with van der Waals surface area (Å²) in [4.78, 5) is 0. The first kappa shape index (κ1) is 26.9. The van der Waals surface area contributed by atoms with Gasteiger partial charge in [0.2, 0.25) is 0 Å². The highest BCUT2D eigenvalue weighted by Crippen LogP contribution is 2.20. The van der Waals surface area contributed by atoms with Crippen molar-refractivity contribution in [1.82, 2.24) is 0 Å².